The van der Waals surface area contributed by atoms with Crippen molar-refractivity contribution in [3.8, 4) is 0 Å². The summed E-state index contributed by atoms with van der Waals surface area (Å²) in [6.45, 7) is 10.0. The van der Waals surface area contributed by atoms with Gasteiger partial charge in [-0.25, -0.2) is 0 Å². The lowest BCUT2D eigenvalue weighted by atomic mass is 9.81. The van der Waals surface area contributed by atoms with E-state index in [0.29, 0.717) is 38.8 Å². The van der Waals surface area contributed by atoms with Gasteiger partial charge in [0.15, 0.2) is 5.71 Å². The maximum absolute atomic E-state index is 11.3. The van der Waals surface area contributed by atoms with Gasteiger partial charge in [-0.2, -0.15) is 21.4 Å². The molecule has 2 N–H and O–H groups in total. The van der Waals surface area contributed by atoms with E-state index in [1.54, 1.807) is 0 Å². The zero-order chi connectivity index (χ0) is 34.9. The Hall–Kier alpha value is -3.02. The van der Waals surface area contributed by atoms with Crippen LogP contribution in [0, 0.1) is 0 Å². The van der Waals surface area contributed by atoms with Crippen LogP contribution in [0.5, 0.6) is 0 Å². The number of halogens is 1. The molecule has 0 radical (unpaired) electrons. The minimum Gasteiger partial charge on any atom is -0.344 e. The van der Waals surface area contributed by atoms with Crippen molar-refractivity contribution < 1.29 is 30.5 Å². The van der Waals surface area contributed by atoms with Crippen LogP contribution in [0.15, 0.2) is 94.7 Å². The zero-order valence-electron chi connectivity index (χ0n) is 28.1. The first-order chi connectivity index (χ1) is 22.5. The third kappa shape index (κ3) is 7.89. The lowest BCUT2D eigenvalue weighted by Gasteiger charge is -2.27. The van der Waals surface area contributed by atoms with Crippen molar-refractivity contribution in [2.24, 2.45) is 0 Å². The normalized spacial score (nSPS) is 20.5. The first-order valence-electron chi connectivity index (χ1n) is 16.5. The molecule has 2 aromatic carbocycles. The van der Waals surface area contributed by atoms with Gasteiger partial charge in [-0.3, -0.25) is 9.11 Å². The molecular formula is C37H46ClN2O6S2+. The summed E-state index contributed by atoms with van der Waals surface area (Å²) in [7, 11) is -7.99. The number of para-hydroxylation sites is 2. The first kappa shape index (κ1) is 36.3. The van der Waals surface area contributed by atoms with Crippen molar-refractivity contribution in [2.45, 2.75) is 77.0 Å². The van der Waals surface area contributed by atoms with Gasteiger partial charge < -0.3 is 4.90 Å². The van der Waals surface area contributed by atoms with E-state index in [9.17, 15) is 25.9 Å². The van der Waals surface area contributed by atoms with Crippen LogP contribution < -0.4 is 4.90 Å². The molecule has 8 nitrogen and oxygen atoms in total. The molecule has 0 spiro atoms. The van der Waals surface area contributed by atoms with Crippen molar-refractivity contribution in [3.05, 3.63) is 106 Å². The van der Waals surface area contributed by atoms with Gasteiger partial charge in [-0.05, 0) is 74.8 Å². The van der Waals surface area contributed by atoms with Gasteiger partial charge in [0.05, 0.1) is 16.9 Å². The molecule has 0 unspecified atom stereocenters. The number of unbranched alkanes of at least 4 members (excludes halogenated alkanes) is 2. The van der Waals surface area contributed by atoms with E-state index >= 15 is 0 Å². The molecule has 3 aliphatic rings. The summed E-state index contributed by atoms with van der Waals surface area (Å²) in [4.78, 5) is 2.25. The third-order valence-corrected chi connectivity index (χ3v) is 11.9. The summed E-state index contributed by atoms with van der Waals surface area (Å²) in [5, 5.41) is 0.740. The second kappa shape index (κ2) is 14.1. The van der Waals surface area contributed by atoms with E-state index in [1.807, 2.05) is 24.3 Å². The van der Waals surface area contributed by atoms with E-state index in [0.717, 1.165) is 51.8 Å². The second-order valence-electron chi connectivity index (χ2n) is 13.9. The first-order valence-corrected chi connectivity index (χ1v) is 20.1. The summed E-state index contributed by atoms with van der Waals surface area (Å²) in [5.41, 5.74) is 8.44. The summed E-state index contributed by atoms with van der Waals surface area (Å²) < 4.78 is 65.7. The van der Waals surface area contributed by atoms with Crippen LogP contribution in [0.2, 0.25) is 0 Å². The largest absolute Gasteiger partial charge is 0.344 e. The fourth-order valence-corrected chi connectivity index (χ4v) is 8.69. The van der Waals surface area contributed by atoms with Crippen molar-refractivity contribution in [2.75, 3.05) is 29.5 Å². The Morgan fingerprint density at radius 1 is 0.792 bits per heavy atom. The zero-order valence-corrected chi connectivity index (χ0v) is 30.5. The quantitative estimate of drug-likeness (QED) is 0.123. The summed E-state index contributed by atoms with van der Waals surface area (Å²) in [5.74, 6) is -0.500. The summed E-state index contributed by atoms with van der Waals surface area (Å²) >= 11 is 7.03. The highest BCUT2D eigenvalue weighted by Gasteiger charge is 2.44. The SMILES string of the molecule is CC1(C)C(/C=C/C2=C(Cl)C(=C\C=C3\N(CCCCS(=O)(=O)O)c4ccccc4C3(C)C)/CC2)=[N+](CCCCS(=O)(=O)O)c2ccccc21. The van der Waals surface area contributed by atoms with Gasteiger partial charge in [-0.15, -0.1) is 0 Å². The lowest BCUT2D eigenvalue weighted by Crippen LogP contribution is -2.28. The van der Waals surface area contributed by atoms with Crippen LogP contribution in [-0.2, 0) is 31.1 Å². The monoisotopic (exact) mass is 713 g/mol. The molecule has 0 saturated heterocycles. The number of hydrogen-bond acceptors (Lipinski definition) is 5. The molecule has 0 amide bonds. The molecule has 0 aromatic heterocycles. The smallest absolute Gasteiger partial charge is 0.264 e. The molecule has 5 rings (SSSR count). The molecule has 258 valence electrons. The number of benzene rings is 2. The molecule has 0 atom stereocenters. The van der Waals surface area contributed by atoms with Crippen LogP contribution in [0.4, 0.5) is 11.4 Å². The molecule has 0 saturated carbocycles. The second-order valence-corrected chi connectivity index (χ2v) is 17.4. The van der Waals surface area contributed by atoms with E-state index < -0.39 is 20.2 Å². The van der Waals surface area contributed by atoms with Crippen LogP contribution in [-0.4, -0.2) is 60.8 Å². The van der Waals surface area contributed by atoms with Crippen LogP contribution in [0.3, 0.4) is 0 Å². The number of allylic oxidation sites excluding steroid dienone is 8. The lowest BCUT2D eigenvalue weighted by molar-refractivity contribution is -0.438. The molecule has 0 fully saturated rings. The fourth-order valence-electron chi connectivity index (χ4n) is 7.24. The number of hydrogen-bond donors (Lipinski definition) is 2. The highest BCUT2D eigenvalue weighted by molar-refractivity contribution is 7.86. The number of nitrogens with zero attached hydrogens (tertiary/aromatic N) is 2. The molecule has 11 heteroatoms. The third-order valence-electron chi connectivity index (χ3n) is 9.78. The molecule has 1 aliphatic carbocycles. The summed E-state index contributed by atoms with van der Waals surface area (Å²) in [6.07, 6.45) is 12.1. The molecule has 2 aromatic rings. The molecule has 2 aliphatic heterocycles. The van der Waals surface area contributed by atoms with Crippen molar-refractivity contribution in [1.29, 1.82) is 0 Å². The standard InChI is InChI=1S/C37H45ClN2O6S2/c1-36(2)29-13-5-7-15-31(29)39(23-9-11-25-47(41,42)43)33(36)21-19-27-17-18-28(35(27)38)20-22-34-37(3,4)30-14-6-8-16-32(30)40(34)24-10-12-26-48(44,45)46/h5-8,13-16,19-22H,9-12,17-18,23-26H2,1-4H3,(H-,41,42,43,44,45,46)/p+1. The highest BCUT2D eigenvalue weighted by atomic mass is 35.5. The van der Waals surface area contributed by atoms with Crippen LogP contribution in [0.25, 0.3) is 0 Å². The van der Waals surface area contributed by atoms with Gasteiger partial charge in [0, 0.05) is 52.5 Å². The highest BCUT2D eigenvalue weighted by Crippen LogP contribution is 2.48. The predicted octanol–water partition coefficient (Wildman–Crippen LogP) is 7.85. The topological polar surface area (TPSA) is 115 Å². The Morgan fingerprint density at radius 2 is 1.42 bits per heavy atom. The van der Waals surface area contributed by atoms with E-state index in [-0.39, 0.29) is 22.3 Å². The summed E-state index contributed by atoms with van der Waals surface area (Å²) in [6, 6.07) is 16.6. The minimum absolute atomic E-state index is 0.250. The minimum atomic E-state index is -3.99. The molecule has 0 bridgehead atoms. The van der Waals surface area contributed by atoms with E-state index in [4.69, 9.17) is 11.6 Å². The maximum Gasteiger partial charge on any atom is 0.264 e. The van der Waals surface area contributed by atoms with Crippen molar-refractivity contribution in [3.63, 3.8) is 0 Å². The number of rotatable bonds is 13. The fraction of sp³-hybridized carbons (Fsp3) is 0.432. The Labute approximate surface area is 290 Å². The molecular weight excluding hydrogens is 668 g/mol. The Bertz CT molecular complexity index is 1950. The Kier molecular flexibility index (Phi) is 10.6. The van der Waals surface area contributed by atoms with Gasteiger partial charge in [0.1, 0.15) is 6.54 Å². The molecule has 48 heavy (non-hydrogen) atoms. The maximum atomic E-state index is 11.3. The average Bonchev–Trinajstić information content (AvgIpc) is 3.54. The van der Waals surface area contributed by atoms with Crippen molar-refractivity contribution >= 4 is 48.9 Å². The van der Waals surface area contributed by atoms with Gasteiger partial charge in [0.25, 0.3) is 20.2 Å². The van der Waals surface area contributed by atoms with Gasteiger partial charge >= 0.3 is 0 Å². The molecule has 2 heterocycles. The number of fused-ring (bicyclic) bond motifs is 2. The van der Waals surface area contributed by atoms with Crippen LogP contribution in [0.1, 0.15) is 77.3 Å². The van der Waals surface area contributed by atoms with Gasteiger partial charge in [-0.1, -0.05) is 74.0 Å². The predicted molar refractivity (Wildman–Crippen MR) is 195 cm³/mol. The Morgan fingerprint density at radius 3 is 2.10 bits per heavy atom. The van der Waals surface area contributed by atoms with E-state index in [1.165, 1.54) is 11.1 Å². The van der Waals surface area contributed by atoms with Gasteiger partial charge in [0.2, 0.25) is 5.69 Å². The average molecular weight is 714 g/mol. The number of anilines is 1. The van der Waals surface area contributed by atoms with Crippen LogP contribution >= 0.6 is 11.6 Å². The van der Waals surface area contributed by atoms with Crippen molar-refractivity contribution in [1.82, 2.24) is 0 Å². The van der Waals surface area contributed by atoms with E-state index in [2.05, 4.69) is 85.7 Å². The Balaban J connectivity index is 1.41.